The number of carbonyl (C=O) groups is 1. The topological polar surface area (TPSA) is 64.8 Å². The van der Waals surface area contributed by atoms with E-state index < -0.39 is 0 Å². The Balaban J connectivity index is 1.71. The van der Waals surface area contributed by atoms with Crippen LogP contribution >= 0.6 is 0 Å². The Labute approximate surface area is 132 Å². The van der Waals surface area contributed by atoms with Crippen LogP contribution in [-0.2, 0) is 4.79 Å². The lowest BCUT2D eigenvalue weighted by atomic mass is 10.1. The molecule has 1 aliphatic heterocycles. The Morgan fingerprint density at radius 2 is 1.95 bits per heavy atom. The van der Waals surface area contributed by atoms with Crippen LogP contribution in [-0.4, -0.2) is 43.7 Å². The van der Waals surface area contributed by atoms with Crippen molar-refractivity contribution in [3.8, 4) is 11.5 Å². The van der Waals surface area contributed by atoms with E-state index in [9.17, 15) is 4.79 Å². The summed E-state index contributed by atoms with van der Waals surface area (Å²) in [7, 11) is 1.83. The number of nitrogens with two attached hydrogens (primary N) is 1. The van der Waals surface area contributed by atoms with Crippen LogP contribution in [0.4, 0.5) is 0 Å². The van der Waals surface area contributed by atoms with Gasteiger partial charge >= 0.3 is 0 Å². The second-order valence-electron chi connectivity index (χ2n) is 5.72. The number of benzene rings is 1. The predicted molar refractivity (Wildman–Crippen MR) is 86.1 cm³/mol. The number of nitrogens with zero attached hydrogens (tertiary/aromatic N) is 1. The van der Waals surface area contributed by atoms with Crippen molar-refractivity contribution in [3.63, 3.8) is 0 Å². The Bertz CT molecular complexity index is 479. The van der Waals surface area contributed by atoms with Crippen LogP contribution in [0.2, 0.25) is 0 Å². The minimum Gasteiger partial charge on any atom is -0.486 e. The lowest BCUT2D eigenvalue weighted by Crippen LogP contribution is -2.41. The third-order valence-corrected chi connectivity index (χ3v) is 3.82. The van der Waals surface area contributed by atoms with Crippen molar-refractivity contribution in [2.24, 2.45) is 5.73 Å². The number of ether oxygens (including phenoxy) is 2. The maximum Gasteiger partial charge on any atom is 0.222 e. The Kier molecular flexibility index (Phi) is 6.52. The molecule has 1 aromatic rings. The molecule has 1 unspecified atom stereocenters. The fourth-order valence-corrected chi connectivity index (χ4v) is 2.53. The molecule has 5 heteroatoms. The van der Waals surface area contributed by atoms with Gasteiger partial charge in [0.15, 0.2) is 17.6 Å². The van der Waals surface area contributed by atoms with Gasteiger partial charge in [0, 0.05) is 13.5 Å². The molecular weight excluding hydrogens is 280 g/mol. The van der Waals surface area contributed by atoms with Gasteiger partial charge in [-0.05, 0) is 31.5 Å². The molecule has 0 aliphatic carbocycles. The minimum absolute atomic E-state index is 0.110. The largest absolute Gasteiger partial charge is 0.486 e. The summed E-state index contributed by atoms with van der Waals surface area (Å²) < 4.78 is 11.5. The van der Waals surface area contributed by atoms with Crippen molar-refractivity contribution < 1.29 is 14.3 Å². The fraction of sp³-hybridized carbons (Fsp3) is 0.588. The summed E-state index contributed by atoms with van der Waals surface area (Å²) in [5.74, 6) is 1.68. The number of likely N-dealkylation sites (N-methyl/N-ethyl adjacent to an activating group) is 1. The summed E-state index contributed by atoms with van der Waals surface area (Å²) in [6.45, 7) is 1.76. The van der Waals surface area contributed by atoms with Gasteiger partial charge in [0.25, 0.3) is 0 Å². The zero-order chi connectivity index (χ0) is 15.8. The number of amides is 1. The molecule has 1 amide bonds. The number of hydrogen-bond acceptors (Lipinski definition) is 4. The van der Waals surface area contributed by atoms with Gasteiger partial charge in [-0.3, -0.25) is 4.79 Å². The Morgan fingerprint density at radius 3 is 2.73 bits per heavy atom. The summed E-state index contributed by atoms with van der Waals surface area (Å²) in [5, 5.41) is 0. The van der Waals surface area contributed by atoms with E-state index in [1.54, 1.807) is 4.90 Å². The van der Waals surface area contributed by atoms with Gasteiger partial charge < -0.3 is 20.1 Å². The minimum atomic E-state index is -0.110. The average Bonchev–Trinajstić information content (AvgIpc) is 2.54. The van der Waals surface area contributed by atoms with Crippen molar-refractivity contribution >= 4 is 5.91 Å². The molecule has 2 N–H and O–H groups in total. The van der Waals surface area contributed by atoms with Crippen molar-refractivity contribution in [3.05, 3.63) is 24.3 Å². The van der Waals surface area contributed by atoms with Gasteiger partial charge in [0.05, 0.1) is 6.54 Å². The first kappa shape index (κ1) is 16.6. The van der Waals surface area contributed by atoms with Crippen LogP contribution in [0.5, 0.6) is 11.5 Å². The number of carbonyl (C=O) groups excluding carboxylic acids is 1. The Hall–Kier alpha value is -1.75. The molecule has 0 spiro atoms. The lowest BCUT2D eigenvalue weighted by molar-refractivity contribution is -0.131. The third kappa shape index (κ3) is 4.91. The average molecular weight is 306 g/mol. The SMILES string of the molecule is CN(CC1COc2ccccc2O1)C(=O)CCCCCCN. The van der Waals surface area contributed by atoms with Crippen molar-refractivity contribution in [1.82, 2.24) is 4.90 Å². The summed E-state index contributed by atoms with van der Waals surface area (Å²) >= 11 is 0. The standard InChI is InChI=1S/C17H26N2O3/c1-19(17(20)10-4-2-3-7-11-18)12-14-13-21-15-8-5-6-9-16(15)22-14/h5-6,8-9,14H,2-4,7,10-13,18H2,1H3. The molecule has 1 atom stereocenters. The van der Waals surface area contributed by atoms with Gasteiger partial charge in [0.1, 0.15) is 6.61 Å². The first-order chi connectivity index (χ1) is 10.7. The van der Waals surface area contributed by atoms with Gasteiger partial charge in [-0.2, -0.15) is 0 Å². The summed E-state index contributed by atoms with van der Waals surface area (Å²) in [6, 6.07) is 7.62. The van der Waals surface area contributed by atoms with E-state index >= 15 is 0 Å². The highest BCUT2D eigenvalue weighted by molar-refractivity contribution is 5.75. The molecule has 0 bridgehead atoms. The molecule has 0 aromatic heterocycles. The van der Waals surface area contributed by atoms with E-state index in [2.05, 4.69) is 0 Å². The van der Waals surface area contributed by atoms with Gasteiger partial charge in [-0.1, -0.05) is 25.0 Å². The van der Waals surface area contributed by atoms with Gasteiger partial charge in [-0.15, -0.1) is 0 Å². The van der Waals surface area contributed by atoms with E-state index in [1.807, 2.05) is 31.3 Å². The highest BCUT2D eigenvalue weighted by Gasteiger charge is 2.23. The molecule has 1 heterocycles. The summed E-state index contributed by atoms with van der Waals surface area (Å²) in [4.78, 5) is 13.8. The van der Waals surface area contributed by atoms with E-state index in [-0.39, 0.29) is 12.0 Å². The van der Waals surface area contributed by atoms with Crippen molar-refractivity contribution in [2.75, 3.05) is 26.7 Å². The molecule has 22 heavy (non-hydrogen) atoms. The number of hydrogen-bond donors (Lipinski definition) is 1. The smallest absolute Gasteiger partial charge is 0.222 e. The Morgan fingerprint density at radius 1 is 1.23 bits per heavy atom. The molecule has 0 saturated heterocycles. The van der Waals surface area contributed by atoms with E-state index in [4.69, 9.17) is 15.2 Å². The van der Waals surface area contributed by atoms with Crippen LogP contribution in [0.3, 0.4) is 0 Å². The highest BCUT2D eigenvalue weighted by Crippen LogP contribution is 2.30. The van der Waals surface area contributed by atoms with Crippen LogP contribution in [0.25, 0.3) is 0 Å². The second-order valence-corrected chi connectivity index (χ2v) is 5.72. The van der Waals surface area contributed by atoms with Crippen LogP contribution in [0.15, 0.2) is 24.3 Å². The number of unbranched alkanes of at least 4 members (excludes halogenated alkanes) is 3. The van der Waals surface area contributed by atoms with E-state index in [1.165, 1.54) is 0 Å². The number of fused-ring (bicyclic) bond motifs is 1. The fourth-order valence-electron chi connectivity index (χ4n) is 2.53. The number of rotatable bonds is 8. The molecule has 122 valence electrons. The van der Waals surface area contributed by atoms with Crippen LogP contribution in [0, 0.1) is 0 Å². The highest BCUT2D eigenvalue weighted by atomic mass is 16.6. The van der Waals surface area contributed by atoms with Crippen molar-refractivity contribution in [2.45, 2.75) is 38.2 Å². The molecule has 2 rings (SSSR count). The zero-order valence-corrected chi connectivity index (χ0v) is 13.3. The summed E-state index contributed by atoms with van der Waals surface area (Å²) in [6.07, 6.45) is 4.61. The molecule has 5 nitrogen and oxygen atoms in total. The lowest BCUT2D eigenvalue weighted by Gasteiger charge is -2.29. The second kappa shape index (κ2) is 8.63. The van der Waals surface area contributed by atoms with Crippen LogP contribution < -0.4 is 15.2 Å². The van der Waals surface area contributed by atoms with E-state index in [0.717, 1.165) is 43.7 Å². The van der Waals surface area contributed by atoms with Crippen molar-refractivity contribution in [1.29, 1.82) is 0 Å². The first-order valence-electron chi connectivity index (χ1n) is 8.03. The first-order valence-corrected chi connectivity index (χ1v) is 8.03. The van der Waals surface area contributed by atoms with Gasteiger partial charge in [0.2, 0.25) is 5.91 Å². The molecule has 1 aliphatic rings. The van der Waals surface area contributed by atoms with Crippen LogP contribution in [0.1, 0.15) is 32.1 Å². The third-order valence-electron chi connectivity index (χ3n) is 3.82. The molecule has 0 fully saturated rings. The van der Waals surface area contributed by atoms with E-state index in [0.29, 0.717) is 19.6 Å². The maximum absolute atomic E-state index is 12.1. The predicted octanol–water partition coefficient (Wildman–Crippen LogP) is 2.19. The molecular formula is C17H26N2O3. The molecule has 1 aromatic carbocycles. The normalized spacial score (nSPS) is 16.4. The monoisotopic (exact) mass is 306 g/mol. The molecule has 0 radical (unpaired) electrons. The number of para-hydroxylation sites is 2. The molecule has 0 saturated carbocycles. The summed E-state index contributed by atoms with van der Waals surface area (Å²) in [5.41, 5.74) is 5.46. The maximum atomic E-state index is 12.1. The quantitative estimate of drug-likeness (QED) is 0.748. The zero-order valence-electron chi connectivity index (χ0n) is 13.3. The van der Waals surface area contributed by atoms with Gasteiger partial charge in [-0.25, -0.2) is 0 Å².